The van der Waals surface area contributed by atoms with Crippen LogP contribution >= 0.6 is 0 Å². The topological polar surface area (TPSA) is 49.7 Å². The molecule has 0 spiro atoms. The van der Waals surface area contributed by atoms with E-state index in [0.29, 0.717) is 6.42 Å². The summed E-state index contributed by atoms with van der Waals surface area (Å²) in [6, 6.07) is 20.7. The SMILES string of the molecule is C[C@H](O)[C@@H](CCO)O[Si](c1ccccc1)(c1ccccc1)C(C)(C)C. The van der Waals surface area contributed by atoms with Gasteiger partial charge in [-0.25, -0.2) is 0 Å². The van der Waals surface area contributed by atoms with Crippen molar-refractivity contribution in [2.75, 3.05) is 6.61 Å². The summed E-state index contributed by atoms with van der Waals surface area (Å²) >= 11 is 0. The standard InChI is InChI=1S/C21H30O3Si/c1-17(23)20(15-16-22)24-25(21(2,3)4,18-11-7-5-8-12-18)19-13-9-6-10-14-19/h5-14,17,20,22-23H,15-16H2,1-4H3/t17-,20+/m0/s1. The first-order valence-corrected chi connectivity index (χ1v) is 10.8. The summed E-state index contributed by atoms with van der Waals surface area (Å²) in [6.07, 6.45) is -0.632. The quantitative estimate of drug-likeness (QED) is 0.748. The molecule has 0 saturated heterocycles. The Morgan fingerprint density at radius 1 is 0.920 bits per heavy atom. The molecular formula is C21H30O3Si. The van der Waals surface area contributed by atoms with Crippen molar-refractivity contribution in [1.29, 1.82) is 0 Å². The highest BCUT2D eigenvalue weighted by Crippen LogP contribution is 2.38. The number of benzene rings is 2. The van der Waals surface area contributed by atoms with Crippen LogP contribution in [0.4, 0.5) is 0 Å². The van der Waals surface area contributed by atoms with Crippen molar-refractivity contribution < 1.29 is 14.6 Å². The normalized spacial score (nSPS) is 15.0. The molecule has 2 atom stereocenters. The van der Waals surface area contributed by atoms with Gasteiger partial charge >= 0.3 is 0 Å². The van der Waals surface area contributed by atoms with Crippen LogP contribution in [0.3, 0.4) is 0 Å². The van der Waals surface area contributed by atoms with Crippen LogP contribution in [0.5, 0.6) is 0 Å². The van der Waals surface area contributed by atoms with Crippen molar-refractivity contribution in [2.45, 2.75) is 51.4 Å². The van der Waals surface area contributed by atoms with Gasteiger partial charge < -0.3 is 14.6 Å². The smallest absolute Gasteiger partial charge is 0.261 e. The van der Waals surface area contributed by atoms with Gasteiger partial charge in [0.2, 0.25) is 0 Å². The molecule has 2 rings (SSSR count). The lowest BCUT2D eigenvalue weighted by atomic mass is 10.2. The van der Waals surface area contributed by atoms with E-state index in [-0.39, 0.29) is 11.6 Å². The lowest BCUT2D eigenvalue weighted by Crippen LogP contribution is -2.68. The second-order valence-corrected chi connectivity index (χ2v) is 11.8. The number of rotatable bonds is 7. The summed E-state index contributed by atoms with van der Waals surface area (Å²) in [5.74, 6) is 0. The Morgan fingerprint density at radius 2 is 1.36 bits per heavy atom. The Kier molecular flexibility index (Phi) is 6.57. The molecule has 3 nitrogen and oxygen atoms in total. The fourth-order valence-electron chi connectivity index (χ4n) is 3.44. The van der Waals surface area contributed by atoms with Gasteiger partial charge in [-0.2, -0.15) is 0 Å². The maximum absolute atomic E-state index is 10.3. The highest BCUT2D eigenvalue weighted by atomic mass is 28.4. The Morgan fingerprint density at radius 3 is 1.68 bits per heavy atom. The zero-order chi connectivity index (χ0) is 18.5. The van der Waals surface area contributed by atoms with Crippen LogP contribution < -0.4 is 10.4 Å². The number of aliphatic hydroxyl groups is 2. The molecule has 0 bridgehead atoms. The van der Waals surface area contributed by atoms with Crippen molar-refractivity contribution in [3.63, 3.8) is 0 Å². The number of aliphatic hydroxyl groups excluding tert-OH is 2. The van der Waals surface area contributed by atoms with E-state index in [1.807, 2.05) is 36.4 Å². The first kappa shape index (κ1) is 19.9. The van der Waals surface area contributed by atoms with Crippen molar-refractivity contribution in [2.24, 2.45) is 0 Å². The first-order chi connectivity index (χ1) is 11.8. The predicted molar refractivity (Wildman–Crippen MR) is 106 cm³/mol. The summed E-state index contributed by atoms with van der Waals surface area (Å²) in [7, 11) is -2.68. The summed E-state index contributed by atoms with van der Waals surface area (Å²) < 4.78 is 6.81. The van der Waals surface area contributed by atoms with Crippen molar-refractivity contribution >= 4 is 18.7 Å². The van der Waals surface area contributed by atoms with Gasteiger partial charge in [-0.05, 0) is 28.8 Å². The minimum Gasteiger partial charge on any atom is -0.402 e. The van der Waals surface area contributed by atoms with Gasteiger partial charge in [0.15, 0.2) is 0 Å². The maximum atomic E-state index is 10.3. The molecule has 0 aliphatic rings. The second-order valence-electron chi connectivity index (χ2n) is 7.57. The highest BCUT2D eigenvalue weighted by molar-refractivity contribution is 6.99. The third kappa shape index (κ3) is 4.21. The van der Waals surface area contributed by atoms with E-state index < -0.39 is 20.5 Å². The lowest BCUT2D eigenvalue weighted by Gasteiger charge is -2.45. The van der Waals surface area contributed by atoms with Crippen LogP contribution in [0.1, 0.15) is 34.1 Å². The lowest BCUT2D eigenvalue weighted by molar-refractivity contribution is 0.0265. The minimum atomic E-state index is -2.68. The average molecular weight is 359 g/mol. The van der Waals surface area contributed by atoms with E-state index in [4.69, 9.17) is 4.43 Å². The monoisotopic (exact) mass is 358 g/mol. The Hall–Kier alpha value is -1.46. The largest absolute Gasteiger partial charge is 0.402 e. The van der Waals surface area contributed by atoms with E-state index in [1.54, 1.807) is 6.92 Å². The van der Waals surface area contributed by atoms with Gasteiger partial charge in [-0.1, -0.05) is 81.4 Å². The number of hydrogen-bond acceptors (Lipinski definition) is 3. The zero-order valence-electron chi connectivity index (χ0n) is 15.6. The molecule has 25 heavy (non-hydrogen) atoms. The molecule has 2 N–H and O–H groups in total. The van der Waals surface area contributed by atoms with Gasteiger partial charge in [-0.3, -0.25) is 0 Å². The molecule has 0 saturated carbocycles. The van der Waals surface area contributed by atoms with Crippen molar-refractivity contribution in [3.8, 4) is 0 Å². The van der Waals surface area contributed by atoms with Gasteiger partial charge in [0.05, 0.1) is 12.2 Å². The summed E-state index contributed by atoms with van der Waals surface area (Å²) in [6.45, 7) is 8.34. The van der Waals surface area contributed by atoms with Crippen LogP contribution in [0.25, 0.3) is 0 Å². The predicted octanol–water partition coefficient (Wildman–Crippen LogP) is 2.69. The third-order valence-corrected chi connectivity index (χ3v) is 9.76. The van der Waals surface area contributed by atoms with Crippen LogP contribution in [0.2, 0.25) is 5.04 Å². The van der Waals surface area contributed by atoms with Crippen LogP contribution in [0.15, 0.2) is 60.7 Å². The molecule has 4 heteroatoms. The van der Waals surface area contributed by atoms with Crippen molar-refractivity contribution in [1.82, 2.24) is 0 Å². The summed E-state index contributed by atoms with van der Waals surface area (Å²) in [5.41, 5.74) is 0. The molecule has 0 aliphatic heterocycles. The van der Waals surface area contributed by atoms with E-state index in [9.17, 15) is 10.2 Å². The zero-order valence-corrected chi connectivity index (χ0v) is 16.6. The molecule has 0 unspecified atom stereocenters. The maximum Gasteiger partial charge on any atom is 0.261 e. The van der Waals surface area contributed by atoms with Gasteiger partial charge in [0, 0.05) is 6.61 Å². The second kappa shape index (κ2) is 8.28. The van der Waals surface area contributed by atoms with Gasteiger partial charge in [0.1, 0.15) is 0 Å². The molecule has 0 aliphatic carbocycles. The average Bonchev–Trinajstić information content (AvgIpc) is 2.59. The Labute approximate surface area is 152 Å². The molecule has 0 aromatic heterocycles. The number of hydrogen-bond donors (Lipinski definition) is 2. The van der Waals surface area contributed by atoms with E-state index in [0.717, 1.165) is 0 Å². The van der Waals surface area contributed by atoms with Crippen LogP contribution in [-0.2, 0) is 4.43 Å². The Balaban J connectivity index is 2.68. The highest BCUT2D eigenvalue weighted by Gasteiger charge is 2.51. The molecule has 0 amide bonds. The van der Waals surface area contributed by atoms with Crippen LogP contribution in [-0.4, -0.2) is 37.3 Å². The molecule has 0 heterocycles. The molecule has 2 aromatic rings. The van der Waals surface area contributed by atoms with Gasteiger partial charge in [-0.15, -0.1) is 0 Å². The van der Waals surface area contributed by atoms with Crippen LogP contribution in [0, 0.1) is 0 Å². The third-order valence-electron chi connectivity index (χ3n) is 4.70. The van der Waals surface area contributed by atoms with E-state index >= 15 is 0 Å². The fourth-order valence-corrected chi connectivity index (χ4v) is 8.23. The van der Waals surface area contributed by atoms with Crippen molar-refractivity contribution in [3.05, 3.63) is 60.7 Å². The molecular weight excluding hydrogens is 328 g/mol. The summed E-state index contributed by atoms with van der Waals surface area (Å²) in [5, 5.41) is 21.9. The molecule has 136 valence electrons. The molecule has 0 fully saturated rings. The fraction of sp³-hybridized carbons (Fsp3) is 0.429. The molecule has 0 radical (unpaired) electrons. The van der Waals surface area contributed by atoms with E-state index in [1.165, 1.54) is 10.4 Å². The Bertz CT molecular complexity index is 596. The first-order valence-electron chi connectivity index (χ1n) is 8.90. The van der Waals surface area contributed by atoms with Gasteiger partial charge in [0.25, 0.3) is 8.32 Å². The van der Waals surface area contributed by atoms with E-state index in [2.05, 4.69) is 45.0 Å². The minimum absolute atomic E-state index is 0.00618. The molecule has 2 aromatic carbocycles. The summed E-state index contributed by atoms with van der Waals surface area (Å²) in [4.78, 5) is 0.